The Balaban J connectivity index is 1.54. The number of para-hydroxylation sites is 1. The molecule has 0 aliphatic carbocycles. The number of rotatable bonds is 6. The molecule has 1 aromatic heterocycles. The maximum atomic E-state index is 12.4. The van der Waals surface area contributed by atoms with Crippen molar-refractivity contribution in [3.63, 3.8) is 0 Å². The van der Waals surface area contributed by atoms with E-state index in [0.29, 0.717) is 11.3 Å². The summed E-state index contributed by atoms with van der Waals surface area (Å²) in [6, 6.07) is 7.76. The van der Waals surface area contributed by atoms with Crippen molar-refractivity contribution in [1.82, 2.24) is 20.4 Å². The van der Waals surface area contributed by atoms with Gasteiger partial charge >= 0.3 is 6.36 Å². The van der Waals surface area contributed by atoms with Gasteiger partial charge < -0.3 is 15.4 Å². The number of aromatic nitrogens is 2. The van der Waals surface area contributed by atoms with Crippen LogP contribution in [0.5, 0.6) is 5.75 Å². The summed E-state index contributed by atoms with van der Waals surface area (Å²) in [6.45, 7) is 1.98. The van der Waals surface area contributed by atoms with E-state index in [9.17, 15) is 18.0 Å². The maximum absolute atomic E-state index is 12.4. The summed E-state index contributed by atoms with van der Waals surface area (Å²) in [7, 11) is 0. The van der Waals surface area contributed by atoms with Crippen LogP contribution in [0.3, 0.4) is 0 Å². The van der Waals surface area contributed by atoms with Gasteiger partial charge in [0.05, 0.1) is 6.04 Å². The lowest BCUT2D eigenvalue weighted by atomic mass is 10.1. The van der Waals surface area contributed by atoms with Crippen LogP contribution in [-0.4, -0.2) is 41.7 Å². The van der Waals surface area contributed by atoms with Gasteiger partial charge in [-0.3, -0.25) is 9.48 Å². The fourth-order valence-electron chi connectivity index (χ4n) is 3.06. The van der Waals surface area contributed by atoms with E-state index in [4.69, 9.17) is 0 Å². The summed E-state index contributed by atoms with van der Waals surface area (Å²) >= 11 is 0. The quantitative estimate of drug-likeness (QED) is 0.806. The van der Waals surface area contributed by atoms with Gasteiger partial charge in [-0.15, -0.1) is 13.2 Å². The highest BCUT2D eigenvalue weighted by Gasteiger charge is 2.31. The molecule has 3 rings (SSSR count). The molecular formula is C18H21F3N4O2. The summed E-state index contributed by atoms with van der Waals surface area (Å²) in [5.41, 5.74) is 0.661. The molecular weight excluding hydrogens is 361 g/mol. The number of benzene rings is 1. The first kappa shape index (κ1) is 19.2. The minimum atomic E-state index is -4.75. The van der Waals surface area contributed by atoms with Crippen molar-refractivity contribution in [3.05, 3.63) is 47.8 Å². The summed E-state index contributed by atoms with van der Waals surface area (Å²) in [4.78, 5) is 12.2. The highest BCUT2D eigenvalue weighted by molar-refractivity contribution is 5.92. The molecule has 146 valence electrons. The van der Waals surface area contributed by atoms with Crippen LogP contribution in [0, 0.1) is 0 Å². The summed E-state index contributed by atoms with van der Waals surface area (Å²) in [6.07, 6.45) is -0.693. The Morgan fingerprint density at radius 1 is 1.33 bits per heavy atom. The number of alkyl halides is 3. The molecule has 2 aromatic rings. The van der Waals surface area contributed by atoms with Crippen molar-refractivity contribution < 1.29 is 22.7 Å². The maximum Gasteiger partial charge on any atom is 0.573 e. The van der Waals surface area contributed by atoms with E-state index in [0.717, 1.165) is 25.9 Å². The summed E-state index contributed by atoms with van der Waals surface area (Å²) < 4.78 is 43.1. The van der Waals surface area contributed by atoms with Crippen LogP contribution >= 0.6 is 0 Å². The van der Waals surface area contributed by atoms with Crippen molar-refractivity contribution >= 4 is 5.91 Å². The predicted octanol–water partition coefficient (Wildman–Crippen LogP) is 2.68. The molecule has 1 fully saturated rings. The van der Waals surface area contributed by atoms with Gasteiger partial charge in [0, 0.05) is 19.3 Å². The molecule has 27 heavy (non-hydrogen) atoms. The zero-order valence-electron chi connectivity index (χ0n) is 14.6. The molecule has 1 aliphatic rings. The zero-order valence-corrected chi connectivity index (χ0v) is 14.6. The Kier molecular flexibility index (Phi) is 6.00. The third-order valence-corrected chi connectivity index (χ3v) is 4.36. The Morgan fingerprint density at radius 3 is 2.89 bits per heavy atom. The SMILES string of the molecule is O=C(NCCc1ccccc1OC(F)(F)F)c1ccn(C2CCCNC2)n1. The number of hydrogen-bond acceptors (Lipinski definition) is 4. The molecule has 1 unspecified atom stereocenters. The molecule has 0 radical (unpaired) electrons. The second-order valence-corrected chi connectivity index (χ2v) is 6.34. The molecule has 0 spiro atoms. The third-order valence-electron chi connectivity index (χ3n) is 4.36. The Labute approximate surface area is 154 Å². The smallest absolute Gasteiger partial charge is 0.406 e. The van der Waals surface area contributed by atoms with Crippen molar-refractivity contribution in [1.29, 1.82) is 0 Å². The van der Waals surface area contributed by atoms with Crippen molar-refractivity contribution in [2.45, 2.75) is 31.7 Å². The zero-order chi connectivity index (χ0) is 19.3. The van der Waals surface area contributed by atoms with Crippen molar-refractivity contribution in [2.24, 2.45) is 0 Å². The fraction of sp³-hybridized carbons (Fsp3) is 0.444. The molecule has 1 aliphatic heterocycles. The summed E-state index contributed by atoms with van der Waals surface area (Å²) in [5.74, 6) is -0.611. The number of amides is 1. The van der Waals surface area contributed by atoms with Gasteiger partial charge in [0.2, 0.25) is 0 Å². The van der Waals surface area contributed by atoms with Crippen LogP contribution < -0.4 is 15.4 Å². The van der Waals surface area contributed by atoms with Gasteiger partial charge in [0.15, 0.2) is 0 Å². The Bertz CT molecular complexity index is 770. The molecule has 1 atom stereocenters. The van der Waals surface area contributed by atoms with Gasteiger partial charge in [-0.2, -0.15) is 5.10 Å². The topological polar surface area (TPSA) is 68.2 Å². The first-order valence-electron chi connectivity index (χ1n) is 8.80. The monoisotopic (exact) mass is 382 g/mol. The number of ether oxygens (including phenoxy) is 1. The number of hydrogen-bond donors (Lipinski definition) is 2. The number of nitrogens with zero attached hydrogens (tertiary/aromatic N) is 2. The molecule has 2 N–H and O–H groups in total. The second kappa shape index (κ2) is 8.43. The lowest BCUT2D eigenvalue weighted by molar-refractivity contribution is -0.274. The van der Waals surface area contributed by atoms with Crippen LogP contribution in [-0.2, 0) is 6.42 Å². The van der Waals surface area contributed by atoms with E-state index in [1.807, 2.05) is 0 Å². The molecule has 1 aromatic carbocycles. The van der Waals surface area contributed by atoms with Gasteiger partial charge in [-0.1, -0.05) is 18.2 Å². The van der Waals surface area contributed by atoms with Crippen LogP contribution in [0.15, 0.2) is 36.5 Å². The molecule has 0 bridgehead atoms. The highest BCUT2D eigenvalue weighted by atomic mass is 19.4. The number of nitrogens with one attached hydrogen (secondary N) is 2. The Hall–Kier alpha value is -2.55. The van der Waals surface area contributed by atoms with Crippen molar-refractivity contribution in [3.8, 4) is 5.75 Å². The highest BCUT2D eigenvalue weighted by Crippen LogP contribution is 2.26. The van der Waals surface area contributed by atoms with Crippen LogP contribution in [0.4, 0.5) is 13.2 Å². The first-order valence-corrected chi connectivity index (χ1v) is 8.80. The minimum Gasteiger partial charge on any atom is -0.406 e. The standard InChI is InChI=1S/C18H21F3N4O2/c19-18(20,21)27-16-6-2-1-4-13(16)7-10-23-17(26)15-8-11-25(24-15)14-5-3-9-22-12-14/h1-2,4,6,8,11,14,22H,3,5,7,9-10,12H2,(H,23,26). The van der Waals surface area contributed by atoms with E-state index in [1.54, 1.807) is 23.0 Å². The molecule has 2 heterocycles. The third kappa shape index (κ3) is 5.46. The average molecular weight is 382 g/mol. The fourth-order valence-corrected chi connectivity index (χ4v) is 3.06. The van der Waals surface area contributed by atoms with Gasteiger partial charge in [0.25, 0.3) is 5.91 Å². The number of carbonyl (C=O) groups excluding carboxylic acids is 1. The molecule has 1 amide bonds. The van der Waals surface area contributed by atoms with E-state index in [2.05, 4.69) is 20.5 Å². The largest absolute Gasteiger partial charge is 0.573 e. The van der Waals surface area contributed by atoms with Gasteiger partial charge in [0.1, 0.15) is 11.4 Å². The molecule has 9 heteroatoms. The van der Waals surface area contributed by atoms with Crippen LogP contribution in [0.2, 0.25) is 0 Å². The number of carbonyl (C=O) groups is 1. The lowest BCUT2D eigenvalue weighted by Gasteiger charge is -2.22. The number of piperidine rings is 1. The normalized spacial score (nSPS) is 17.5. The van der Waals surface area contributed by atoms with Gasteiger partial charge in [-0.25, -0.2) is 0 Å². The first-order chi connectivity index (χ1) is 12.9. The lowest BCUT2D eigenvalue weighted by Crippen LogP contribution is -2.32. The van der Waals surface area contributed by atoms with E-state index >= 15 is 0 Å². The molecule has 0 saturated carbocycles. The van der Waals surface area contributed by atoms with Crippen LogP contribution in [0.25, 0.3) is 0 Å². The van der Waals surface area contributed by atoms with E-state index in [1.165, 1.54) is 18.2 Å². The Morgan fingerprint density at radius 2 is 2.15 bits per heavy atom. The van der Waals surface area contributed by atoms with E-state index in [-0.39, 0.29) is 30.7 Å². The predicted molar refractivity (Wildman–Crippen MR) is 92.5 cm³/mol. The molecule has 6 nitrogen and oxygen atoms in total. The summed E-state index contributed by atoms with van der Waals surface area (Å²) in [5, 5.41) is 10.3. The van der Waals surface area contributed by atoms with E-state index < -0.39 is 6.36 Å². The van der Waals surface area contributed by atoms with Gasteiger partial charge in [-0.05, 0) is 43.5 Å². The molecule has 1 saturated heterocycles. The average Bonchev–Trinajstić information content (AvgIpc) is 3.13. The van der Waals surface area contributed by atoms with Crippen molar-refractivity contribution in [2.75, 3.05) is 19.6 Å². The second-order valence-electron chi connectivity index (χ2n) is 6.34. The minimum absolute atomic E-state index is 0.176. The number of halogens is 3. The van der Waals surface area contributed by atoms with Crippen LogP contribution in [0.1, 0.15) is 34.9 Å².